The summed E-state index contributed by atoms with van der Waals surface area (Å²) in [5, 5.41) is 18.4. The van der Waals surface area contributed by atoms with E-state index < -0.39 is 12.0 Å². The molecule has 0 spiro atoms. The van der Waals surface area contributed by atoms with Crippen LogP contribution in [0.3, 0.4) is 0 Å². The zero-order valence-electron chi connectivity index (χ0n) is 18.8. The lowest BCUT2D eigenvalue weighted by Gasteiger charge is -2.20. The molecule has 1 atom stereocenters. The number of carboxylic acids is 1. The van der Waals surface area contributed by atoms with Crippen molar-refractivity contribution in [3.05, 3.63) is 71.8 Å². The molecule has 7 nitrogen and oxygen atoms in total. The zero-order valence-corrected chi connectivity index (χ0v) is 18.8. The van der Waals surface area contributed by atoms with Gasteiger partial charge in [0.15, 0.2) is 5.78 Å². The first kappa shape index (κ1) is 22.5. The van der Waals surface area contributed by atoms with Crippen molar-refractivity contribution in [3.63, 3.8) is 0 Å². The second-order valence-corrected chi connectivity index (χ2v) is 8.76. The summed E-state index contributed by atoms with van der Waals surface area (Å²) in [7, 11) is 0. The van der Waals surface area contributed by atoms with Crippen molar-refractivity contribution in [2.45, 2.75) is 45.6 Å². The largest absolute Gasteiger partial charge is 0.480 e. The van der Waals surface area contributed by atoms with Crippen LogP contribution in [-0.4, -0.2) is 32.9 Å². The minimum absolute atomic E-state index is 0.119. The first-order chi connectivity index (χ1) is 15.9. The van der Waals surface area contributed by atoms with E-state index in [0.29, 0.717) is 31.0 Å². The minimum Gasteiger partial charge on any atom is -0.480 e. The second kappa shape index (κ2) is 9.81. The van der Waals surface area contributed by atoms with Crippen molar-refractivity contribution in [2.24, 2.45) is 5.92 Å². The molecule has 0 bridgehead atoms. The number of ketones is 1. The molecule has 33 heavy (non-hydrogen) atoms. The number of aliphatic carboxylic acids is 1. The fourth-order valence-electron chi connectivity index (χ4n) is 4.21. The molecule has 0 saturated carbocycles. The first-order valence-electron chi connectivity index (χ1n) is 11.2. The van der Waals surface area contributed by atoms with Crippen LogP contribution >= 0.6 is 0 Å². The van der Waals surface area contributed by atoms with Gasteiger partial charge in [0.05, 0.1) is 0 Å². The van der Waals surface area contributed by atoms with E-state index in [9.17, 15) is 14.7 Å². The maximum atomic E-state index is 12.3. The van der Waals surface area contributed by atoms with E-state index in [-0.39, 0.29) is 12.2 Å². The Morgan fingerprint density at radius 3 is 2.70 bits per heavy atom. The fourth-order valence-corrected chi connectivity index (χ4v) is 4.21. The molecule has 4 rings (SSSR count). The normalized spacial score (nSPS) is 14.7. The van der Waals surface area contributed by atoms with E-state index >= 15 is 0 Å². The predicted molar refractivity (Wildman–Crippen MR) is 128 cm³/mol. The monoisotopic (exact) mass is 444 g/mol. The lowest BCUT2D eigenvalue weighted by atomic mass is 10.00. The zero-order chi connectivity index (χ0) is 23.4. The number of nitrogens with one attached hydrogen (secondary N) is 2. The summed E-state index contributed by atoms with van der Waals surface area (Å²) in [5.41, 5.74) is 3.16. The Balaban J connectivity index is 1.60. The summed E-state index contributed by atoms with van der Waals surface area (Å²) in [5.74, 6) is 0.185. The average Bonchev–Trinajstić information content (AvgIpc) is 3.13. The van der Waals surface area contributed by atoms with Gasteiger partial charge in [-0.05, 0) is 42.5 Å². The molecular formula is C26H28N4O3. The average molecular weight is 445 g/mol. The molecule has 0 radical (unpaired) electrons. The van der Waals surface area contributed by atoms with Gasteiger partial charge in [0.1, 0.15) is 11.9 Å². The smallest absolute Gasteiger partial charge is 0.326 e. The number of anilines is 2. The van der Waals surface area contributed by atoms with Gasteiger partial charge in [-0.3, -0.25) is 9.78 Å². The summed E-state index contributed by atoms with van der Waals surface area (Å²) in [6.07, 6.45) is 7.15. The number of Topliss-reactive ketones (excluding diaryl/α,β-unsaturated/α-hetero) is 1. The summed E-state index contributed by atoms with van der Waals surface area (Å²) in [6.45, 7) is 4.12. The highest BCUT2D eigenvalue weighted by atomic mass is 16.4. The summed E-state index contributed by atoms with van der Waals surface area (Å²) < 4.78 is 0. The fraction of sp³-hybridized carbons (Fsp3) is 0.308. The molecule has 2 aromatic heterocycles. The quantitative estimate of drug-likeness (QED) is 0.442. The summed E-state index contributed by atoms with van der Waals surface area (Å²) >= 11 is 0. The molecule has 0 amide bonds. The number of fused-ring (bicyclic) bond motifs is 1. The third-order valence-electron chi connectivity index (χ3n) is 5.82. The highest BCUT2D eigenvalue weighted by Gasteiger charge is 2.28. The standard InChI is InChI=1S/C26H28N4O3/c1-16(2)13-20-22(7-8-24(20)31)29-23(26(32)33)14-17-5-3-4-6-21(17)30-25-19-10-11-27-15-18(19)9-12-28-25/h3-6,9-12,15-16,23,29H,7-8,13-14H2,1-2H3,(H,28,30)(H,32,33)/t23-/m0/s1. The van der Waals surface area contributed by atoms with Crippen LogP contribution in [0.5, 0.6) is 0 Å². The van der Waals surface area contributed by atoms with Crippen LogP contribution in [0.25, 0.3) is 10.8 Å². The molecule has 0 saturated heterocycles. The highest BCUT2D eigenvalue weighted by Crippen LogP contribution is 2.29. The number of carboxylic acid groups (broad SMARTS) is 1. The van der Waals surface area contributed by atoms with Crippen LogP contribution in [0.2, 0.25) is 0 Å². The number of nitrogens with zero attached hydrogens (tertiary/aromatic N) is 2. The number of aromatic nitrogens is 2. The van der Waals surface area contributed by atoms with Gasteiger partial charge in [-0.25, -0.2) is 9.78 Å². The number of allylic oxidation sites excluding steroid dienone is 2. The number of rotatable bonds is 9. The molecule has 0 fully saturated rings. The third kappa shape index (κ3) is 5.19. The van der Waals surface area contributed by atoms with Gasteiger partial charge in [-0.15, -0.1) is 0 Å². The molecule has 1 aliphatic carbocycles. The summed E-state index contributed by atoms with van der Waals surface area (Å²) in [6, 6.07) is 10.6. The van der Waals surface area contributed by atoms with Gasteiger partial charge < -0.3 is 15.7 Å². The van der Waals surface area contributed by atoms with E-state index in [1.165, 1.54) is 0 Å². The van der Waals surface area contributed by atoms with Gasteiger partial charge in [0.25, 0.3) is 0 Å². The highest BCUT2D eigenvalue weighted by molar-refractivity contribution is 5.98. The van der Waals surface area contributed by atoms with E-state index in [1.54, 1.807) is 18.6 Å². The van der Waals surface area contributed by atoms with E-state index in [1.807, 2.05) is 36.4 Å². The third-order valence-corrected chi connectivity index (χ3v) is 5.82. The first-order valence-corrected chi connectivity index (χ1v) is 11.2. The van der Waals surface area contributed by atoms with Gasteiger partial charge in [0.2, 0.25) is 0 Å². The number of hydrogen-bond acceptors (Lipinski definition) is 6. The molecule has 3 aromatic rings. The molecule has 1 aromatic carbocycles. The van der Waals surface area contributed by atoms with Crippen molar-refractivity contribution >= 4 is 34.0 Å². The molecule has 1 aliphatic rings. The van der Waals surface area contributed by atoms with E-state index in [0.717, 1.165) is 33.3 Å². The Bertz CT molecular complexity index is 1210. The van der Waals surface area contributed by atoms with Crippen LogP contribution in [-0.2, 0) is 16.0 Å². The minimum atomic E-state index is -0.949. The van der Waals surface area contributed by atoms with Crippen LogP contribution in [0.15, 0.2) is 66.3 Å². The Labute approximate surface area is 193 Å². The van der Waals surface area contributed by atoms with Gasteiger partial charge in [-0.1, -0.05) is 32.0 Å². The van der Waals surface area contributed by atoms with Crippen LogP contribution < -0.4 is 10.6 Å². The second-order valence-electron chi connectivity index (χ2n) is 8.76. The lowest BCUT2D eigenvalue weighted by Crippen LogP contribution is -2.38. The van der Waals surface area contributed by atoms with Crippen molar-refractivity contribution in [3.8, 4) is 0 Å². The SMILES string of the molecule is CC(C)CC1=C(N[C@@H](Cc2ccccc2Nc2nccc3cnccc23)C(=O)O)CCC1=O. The Morgan fingerprint density at radius 1 is 1.09 bits per heavy atom. The molecule has 0 unspecified atom stereocenters. The Hall–Kier alpha value is -3.74. The van der Waals surface area contributed by atoms with Gasteiger partial charge in [0, 0.05) is 59.2 Å². The summed E-state index contributed by atoms with van der Waals surface area (Å²) in [4.78, 5) is 33.1. The van der Waals surface area contributed by atoms with Gasteiger partial charge in [-0.2, -0.15) is 0 Å². The number of benzene rings is 1. The van der Waals surface area contributed by atoms with Crippen LogP contribution in [0.1, 0.15) is 38.7 Å². The lowest BCUT2D eigenvalue weighted by molar-refractivity contribution is -0.139. The van der Waals surface area contributed by atoms with Crippen molar-refractivity contribution in [1.82, 2.24) is 15.3 Å². The topological polar surface area (TPSA) is 104 Å². The van der Waals surface area contributed by atoms with E-state index in [4.69, 9.17) is 0 Å². The number of pyridine rings is 2. The molecule has 7 heteroatoms. The van der Waals surface area contributed by atoms with Gasteiger partial charge >= 0.3 is 5.97 Å². The maximum absolute atomic E-state index is 12.3. The molecular weight excluding hydrogens is 416 g/mol. The number of para-hydroxylation sites is 1. The molecule has 3 N–H and O–H groups in total. The van der Waals surface area contributed by atoms with Crippen molar-refractivity contribution in [1.29, 1.82) is 0 Å². The molecule has 0 aliphatic heterocycles. The number of carbonyl (C=O) groups excluding carboxylic acids is 1. The molecule has 2 heterocycles. The van der Waals surface area contributed by atoms with E-state index in [2.05, 4.69) is 34.4 Å². The van der Waals surface area contributed by atoms with Crippen molar-refractivity contribution in [2.75, 3.05) is 5.32 Å². The molecule has 170 valence electrons. The maximum Gasteiger partial charge on any atom is 0.326 e. The van der Waals surface area contributed by atoms with Crippen LogP contribution in [0, 0.1) is 5.92 Å². The Morgan fingerprint density at radius 2 is 1.91 bits per heavy atom. The number of carbonyl (C=O) groups is 2. The Kier molecular flexibility index (Phi) is 6.68. The number of hydrogen-bond donors (Lipinski definition) is 3. The van der Waals surface area contributed by atoms with Crippen molar-refractivity contribution < 1.29 is 14.7 Å². The predicted octanol–water partition coefficient (Wildman–Crippen LogP) is 4.62. The van der Waals surface area contributed by atoms with Crippen LogP contribution in [0.4, 0.5) is 11.5 Å².